The summed E-state index contributed by atoms with van der Waals surface area (Å²) in [5.41, 5.74) is 2.74. The zero-order valence-corrected chi connectivity index (χ0v) is 13.6. The summed E-state index contributed by atoms with van der Waals surface area (Å²) < 4.78 is 5.23. The molecule has 22 heavy (non-hydrogen) atoms. The smallest absolute Gasteiger partial charge is 0.407 e. The molecule has 5 nitrogen and oxygen atoms in total. The Morgan fingerprint density at radius 2 is 2.14 bits per heavy atom. The highest BCUT2D eigenvalue weighted by molar-refractivity contribution is 5.84. The maximum Gasteiger partial charge on any atom is 0.407 e. The molecular weight excluding hydrogens is 280 g/mol. The second kappa shape index (κ2) is 6.40. The first-order valence-electron chi connectivity index (χ1n) is 7.45. The van der Waals surface area contributed by atoms with Crippen molar-refractivity contribution in [3.8, 4) is 0 Å². The molecule has 1 heterocycles. The van der Waals surface area contributed by atoms with Crippen LogP contribution in [0.1, 0.15) is 31.9 Å². The molecule has 1 aromatic heterocycles. The molecular formula is C17H24N2O3. The number of aliphatic hydroxyl groups excluding tert-OH is 1. The van der Waals surface area contributed by atoms with Crippen LogP contribution in [0.4, 0.5) is 4.79 Å². The third-order valence-corrected chi connectivity index (χ3v) is 3.33. The highest BCUT2D eigenvalue weighted by Gasteiger charge is 2.20. The van der Waals surface area contributed by atoms with Gasteiger partial charge in [-0.05, 0) is 51.8 Å². The van der Waals surface area contributed by atoms with E-state index < -0.39 is 11.7 Å². The second-order valence-electron chi connectivity index (χ2n) is 6.59. The monoisotopic (exact) mass is 304 g/mol. The first-order chi connectivity index (χ1) is 10.3. The van der Waals surface area contributed by atoms with E-state index in [1.165, 1.54) is 5.56 Å². The lowest BCUT2D eigenvalue weighted by Crippen LogP contribution is -2.42. The van der Waals surface area contributed by atoms with Crippen LogP contribution >= 0.6 is 0 Å². The molecule has 1 atom stereocenters. The Balaban J connectivity index is 2.09. The van der Waals surface area contributed by atoms with Crippen LogP contribution in [-0.2, 0) is 11.2 Å². The van der Waals surface area contributed by atoms with E-state index in [1.807, 2.05) is 46.0 Å². The van der Waals surface area contributed by atoms with E-state index in [-0.39, 0.29) is 12.6 Å². The summed E-state index contributed by atoms with van der Waals surface area (Å²) in [6, 6.07) is 5.80. The van der Waals surface area contributed by atoms with E-state index in [4.69, 9.17) is 4.74 Å². The van der Waals surface area contributed by atoms with Gasteiger partial charge in [-0.25, -0.2) is 4.79 Å². The highest BCUT2D eigenvalue weighted by atomic mass is 16.6. The van der Waals surface area contributed by atoms with Gasteiger partial charge in [0.1, 0.15) is 5.60 Å². The van der Waals surface area contributed by atoms with Gasteiger partial charge >= 0.3 is 6.09 Å². The van der Waals surface area contributed by atoms with Gasteiger partial charge in [0.25, 0.3) is 0 Å². The topological polar surface area (TPSA) is 74.4 Å². The molecule has 0 saturated carbocycles. The maximum atomic E-state index is 11.8. The number of H-pyrrole nitrogens is 1. The Hall–Kier alpha value is -2.01. The zero-order valence-electron chi connectivity index (χ0n) is 13.6. The molecule has 0 saturated heterocycles. The fraction of sp³-hybridized carbons (Fsp3) is 0.471. The van der Waals surface area contributed by atoms with Gasteiger partial charge in [0, 0.05) is 17.1 Å². The van der Waals surface area contributed by atoms with Crippen molar-refractivity contribution in [3.05, 3.63) is 35.5 Å². The number of benzene rings is 1. The predicted molar refractivity (Wildman–Crippen MR) is 87.0 cm³/mol. The molecule has 3 N–H and O–H groups in total. The molecule has 0 spiro atoms. The standard InChI is InChI=1S/C17H24N2O3/c1-11-5-6-15-14(7-11)12(9-18-15)8-13(10-20)19-16(21)22-17(2,3)4/h5-7,9,13,18,20H,8,10H2,1-4H3,(H,19,21)/t13-/m1/s1. The quantitative estimate of drug-likeness (QED) is 0.813. The van der Waals surface area contributed by atoms with E-state index in [0.29, 0.717) is 6.42 Å². The number of hydrogen-bond donors (Lipinski definition) is 3. The van der Waals surface area contributed by atoms with Crippen molar-refractivity contribution in [2.45, 2.75) is 45.8 Å². The van der Waals surface area contributed by atoms with Crippen molar-refractivity contribution in [2.75, 3.05) is 6.61 Å². The van der Waals surface area contributed by atoms with Gasteiger partial charge in [-0.1, -0.05) is 11.6 Å². The number of aromatic amines is 1. The van der Waals surface area contributed by atoms with Gasteiger partial charge in [0.05, 0.1) is 12.6 Å². The first-order valence-corrected chi connectivity index (χ1v) is 7.45. The molecule has 0 aliphatic heterocycles. The minimum Gasteiger partial charge on any atom is -0.444 e. The first kappa shape index (κ1) is 16.4. The van der Waals surface area contributed by atoms with Crippen molar-refractivity contribution >= 4 is 17.0 Å². The number of amides is 1. The summed E-state index contributed by atoms with van der Waals surface area (Å²) in [5.74, 6) is 0. The van der Waals surface area contributed by atoms with Gasteiger partial charge in [-0.2, -0.15) is 0 Å². The van der Waals surface area contributed by atoms with Crippen LogP contribution in [-0.4, -0.2) is 34.4 Å². The van der Waals surface area contributed by atoms with Crippen LogP contribution in [0, 0.1) is 6.92 Å². The van der Waals surface area contributed by atoms with Crippen LogP contribution in [0.2, 0.25) is 0 Å². The summed E-state index contributed by atoms with van der Waals surface area (Å²) in [5, 5.41) is 13.3. The third-order valence-electron chi connectivity index (χ3n) is 3.33. The second-order valence-corrected chi connectivity index (χ2v) is 6.59. The minimum absolute atomic E-state index is 0.141. The molecule has 0 aliphatic carbocycles. The molecule has 2 aromatic rings. The van der Waals surface area contributed by atoms with Crippen LogP contribution < -0.4 is 5.32 Å². The van der Waals surface area contributed by atoms with Crippen molar-refractivity contribution in [3.63, 3.8) is 0 Å². The van der Waals surface area contributed by atoms with E-state index in [2.05, 4.69) is 16.4 Å². The van der Waals surface area contributed by atoms with Crippen LogP contribution in [0.15, 0.2) is 24.4 Å². The van der Waals surface area contributed by atoms with Crippen molar-refractivity contribution in [2.24, 2.45) is 0 Å². The van der Waals surface area contributed by atoms with Gasteiger partial charge in [0.15, 0.2) is 0 Å². The van der Waals surface area contributed by atoms with Crippen LogP contribution in [0.25, 0.3) is 10.9 Å². The number of ether oxygens (including phenoxy) is 1. The Bertz CT molecular complexity index is 655. The lowest BCUT2D eigenvalue weighted by atomic mass is 10.0. The summed E-state index contributed by atoms with van der Waals surface area (Å²) in [4.78, 5) is 15.0. The largest absolute Gasteiger partial charge is 0.444 e. The summed E-state index contributed by atoms with van der Waals surface area (Å²) >= 11 is 0. The normalized spacial score (nSPS) is 13.1. The van der Waals surface area contributed by atoms with Crippen molar-refractivity contribution in [1.82, 2.24) is 10.3 Å². The van der Waals surface area contributed by atoms with Crippen molar-refractivity contribution < 1.29 is 14.6 Å². The predicted octanol–water partition coefficient (Wildman–Crippen LogP) is 2.90. The number of aromatic nitrogens is 1. The molecule has 2 rings (SSSR count). The molecule has 0 bridgehead atoms. The molecule has 5 heteroatoms. The third kappa shape index (κ3) is 4.24. The SMILES string of the molecule is Cc1ccc2[nH]cc(C[C@H](CO)NC(=O)OC(C)(C)C)c2c1. The van der Waals surface area contributed by atoms with Gasteiger partial charge in [0.2, 0.25) is 0 Å². The Kier molecular flexibility index (Phi) is 4.76. The number of rotatable bonds is 4. The number of aliphatic hydroxyl groups is 1. The number of nitrogens with one attached hydrogen (secondary N) is 2. The van der Waals surface area contributed by atoms with E-state index in [1.54, 1.807) is 0 Å². The van der Waals surface area contributed by atoms with E-state index >= 15 is 0 Å². The molecule has 0 radical (unpaired) electrons. The summed E-state index contributed by atoms with van der Waals surface area (Å²) in [6.07, 6.45) is 1.95. The van der Waals surface area contributed by atoms with Gasteiger partial charge in [-0.15, -0.1) is 0 Å². The Morgan fingerprint density at radius 3 is 2.77 bits per heavy atom. The van der Waals surface area contributed by atoms with E-state index in [9.17, 15) is 9.90 Å². The van der Waals surface area contributed by atoms with Gasteiger partial charge in [-0.3, -0.25) is 0 Å². The molecule has 0 unspecified atom stereocenters. The molecule has 1 aromatic carbocycles. The molecule has 1 amide bonds. The van der Waals surface area contributed by atoms with E-state index in [0.717, 1.165) is 16.5 Å². The number of alkyl carbamates (subject to hydrolysis) is 1. The van der Waals surface area contributed by atoms with Crippen molar-refractivity contribution in [1.29, 1.82) is 0 Å². The average molecular weight is 304 g/mol. The number of hydrogen-bond acceptors (Lipinski definition) is 3. The number of aryl methyl sites for hydroxylation is 1. The number of carbonyl (C=O) groups is 1. The molecule has 120 valence electrons. The number of carbonyl (C=O) groups excluding carboxylic acids is 1. The number of fused-ring (bicyclic) bond motifs is 1. The van der Waals surface area contributed by atoms with Crippen LogP contribution in [0.5, 0.6) is 0 Å². The highest BCUT2D eigenvalue weighted by Crippen LogP contribution is 2.21. The van der Waals surface area contributed by atoms with Gasteiger partial charge < -0.3 is 20.1 Å². The summed E-state index contributed by atoms with van der Waals surface area (Å²) in [6.45, 7) is 7.32. The zero-order chi connectivity index (χ0) is 16.3. The van der Waals surface area contributed by atoms with Crippen LogP contribution in [0.3, 0.4) is 0 Å². The lowest BCUT2D eigenvalue weighted by Gasteiger charge is -2.22. The Morgan fingerprint density at radius 1 is 1.41 bits per heavy atom. The molecule has 0 aliphatic rings. The lowest BCUT2D eigenvalue weighted by molar-refractivity contribution is 0.0483. The fourth-order valence-corrected chi connectivity index (χ4v) is 2.36. The minimum atomic E-state index is -0.554. The fourth-order valence-electron chi connectivity index (χ4n) is 2.36. The molecule has 0 fully saturated rings. The summed E-state index contributed by atoms with van der Waals surface area (Å²) in [7, 11) is 0. The average Bonchev–Trinajstić information content (AvgIpc) is 2.78. The maximum absolute atomic E-state index is 11.8. The Labute approximate surface area is 130 Å².